The molecule has 0 aliphatic carbocycles. The SMILES string of the molecule is Cc1cn(-c2cnn(C(C)C)c2)c(=S)[nH]1. The van der Waals surface area contributed by atoms with Crippen molar-refractivity contribution < 1.29 is 0 Å². The van der Waals surface area contributed by atoms with Crippen molar-refractivity contribution in [1.82, 2.24) is 19.3 Å². The molecule has 0 spiro atoms. The highest BCUT2D eigenvalue weighted by atomic mass is 32.1. The first-order valence-corrected chi connectivity index (χ1v) is 5.31. The van der Waals surface area contributed by atoms with E-state index in [1.165, 1.54) is 0 Å². The van der Waals surface area contributed by atoms with E-state index in [4.69, 9.17) is 12.2 Å². The molecular formula is C10H14N4S. The highest BCUT2D eigenvalue weighted by Gasteiger charge is 2.04. The summed E-state index contributed by atoms with van der Waals surface area (Å²) < 4.78 is 4.55. The fraction of sp³-hybridized carbons (Fsp3) is 0.400. The summed E-state index contributed by atoms with van der Waals surface area (Å²) in [5.41, 5.74) is 2.05. The summed E-state index contributed by atoms with van der Waals surface area (Å²) in [5, 5.41) is 4.28. The molecule has 2 rings (SSSR count). The second kappa shape index (κ2) is 3.66. The van der Waals surface area contributed by atoms with E-state index in [9.17, 15) is 0 Å². The van der Waals surface area contributed by atoms with Gasteiger partial charge in [0.15, 0.2) is 4.77 Å². The van der Waals surface area contributed by atoms with Crippen LogP contribution in [-0.2, 0) is 0 Å². The highest BCUT2D eigenvalue weighted by Crippen LogP contribution is 2.11. The normalized spacial score (nSPS) is 11.2. The Kier molecular flexibility index (Phi) is 2.48. The van der Waals surface area contributed by atoms with Crippen molar-refractivity contribution in [2.24, 2.45) is 0 Å². The van der Waals surface area contributed by atoms with E-state index >= 15 is 0 Å². The van der Waals surface area contributed by atoms with Gasteiger partial charge >= 0.3 is 0 Å². The van der Waals surface area contributed by atoms with Crippen LogP contribution in [0.25, 0.3) is 5.69 Å². The lowest BCUT2D eigenvalue weighted by Crippen LogP contribution is -2.00. The molecule has 0 atom stereocenters. The van der Waals surface area contributed by atoms with E-state index < -0.39 is 0 Å². The van der Waals surface area contributed by atoms with Crippen molar-refractivity contribution in [2.45, 2.75) is 26.8 Å². The molecule has 15 heavy (non-hydrogen) atoms. The minimum absolute atomic E-state index is 0.368. The minimum Gasteiger partial charge on any atom is -0.335 e. The zero-order valence-electron chi connectivity index (χ0n) is 9.06. The lowest BCUT2D eigenvalue weighted by Gasteiger charge is -2.03. The number of nitrogens with one attached hydrogen (secondary N) is 1. The molecule has 1 N–H and O–H groups in total. The third kappa shape index (κ3) is 1.87. The average Bonchev–Trinajstić information content (AvgIpc) is 2.71. The Bertz CT molecular complexity index is 518. The Morgan fingerprint density at radius 3 is 2.60 bits per heavy atom. The zero-order valence-corrected chi connectivity index (χ0v) is 9.88. The second-order valence-corrected chi connectivity index (χ2v) is 4.27. The maximum Gasteiger partial charge on any atom is 0.182 e. The number of rotatable bonds is 2. The van der Waals surface area contributed by atoms with E-state index in [-0.39, 0.29) is 0 Å². The standard InChI is InChI=1S/C10H14N4S/c1-7(2)14-6-9(4-11-14)13-5-8(3)12-10(13)15/h4-7H,1-3H3,(H,12,15). The number of imidazole rings is 1. The van der Waals surface area contributed by atoms with Gasteiger partial charge in [-0.2, -0.15) is 5.10 Å². The summed E-state index contributed by atoms with van der Waals surface area (Å²) in [4.78, 5) is 3.09. The molecule has 0 saturated carbocycles. The Morgan fingerprint density at radius 2 is 2.13 bits per heavy atom. The molecule has 0 unspecified atom stereocenters. The molecule has 0 aliphatic rings. The van der Waals surface area contributed by atoms with Crippen LogP contribution >= 0.6 is 12.2 Å². The fourth-order valence-corrected chi connectivity index (χ4v) is 1.76. The Balaban J connectivity index is 2.46. The summed E-state index contributed by atoms with van der Waals surface area (Å²) in [7, 11) is 0. The van der Waals surface area contributed by atoms with E-state index in [0.717, 1.165) is 11.4 Å². The van der Waals surface area contributed by atoms with Crippen molar-refractivity contribution in [1.29, 1.82) is 0 Å². The second-order valence-electron chi connectivity index (χ2n) is 3.88. The van der Waals surface area contributed by atoms with Crippen LogP contribution in [0.2, 0.25) is 0 Å². The van der Waals surface area contributed by atoms with Crippen LogP contribution in [0.4, 0.5) is 0 Å². The molecule has 2 heterocycles. The van der Waals surface area contributed by atoms with E-state index in [1.54, 1.807) is 0 Å². The smallest absolute Gasteiger partial charge is 0.182 e. The van der Waals surface area contributed by atoms with Gasteiger partial charge in [0.1, 0.15) is 0 Å². The lowest BCUT2D eigenvalue weighted by molar-refractivity contribution is 0.532. The Labute approximate surface area is 93.6 Å². The van der Waals surface area contributed by atoms with E-state index in [0.29, 0.717) is 10.8 Å². The van der Waals surface area contributed by atoms with Gasteiger partial charge in [0.25, 0.3) is 0 Å². The number of H-pyrrole nitrogens is 1. The van der Waals surface area contributed by atoms with Crippen LogP contribution in [0.5, 0.6) is 0 Å². The lowest BCUT2D eigenvalue weighted by atomic mass is 10.4. The maximum atomic E-state index is 5.20. The summed E-state index contributed by atoms with van der Waals surface area (Å²) in [6, 6.07) is 0.368. The predicted molar refractivity (Wildman–Crippen MR) is 61.9 cm³/mol. The minimum atomic E-state index is 0.368. The van der Waals surface area contributed by atoms with E-state index in [2.05, 4.69) is 23.9 Å². The number of hydrogen-bond donors (Lipinski definition) is 1. The molecule has 0 amide bonds. The average molecular weight is 222 g/mol. The van der Waals surface area contributed by atoms with Crippen LogP contribution < -0.4 is 0 Å². The first-order valence-electron chi connectivity index (χ1n) is 4.90. The summed E-state index contributed by atoms with van der Waals surface area (Å²) in [6.45, 7) is 6.18. The van der Waals surface area contributed by atoms with Crippen LogP contribution in [0.15, 0.2) is 18.6 Å². The predicted octanol–water partition coefficient (Wildman–Crippen LogP) is 2.62. The molecule has 5 heteroatoms. The number of aromatic amines is 1. The van der Waals surface area contributed by atoms with Crippen molar-refractivity contribution in [3.05, 3.63) is 29.1 Å². The molecule has 2 aromatic heterocycles. The number of hydrogen-bond acceptors (Lipinski definition) is 2. The van der Waals surface area contributed by atoms with Crippen LogP contribution in [0.3, 0.4) is 0 Å². The molecule has 4 nitrogen and oxygen atoms in total. The summed E-state index contributed by atoms with van der Waals surface area (Å²) in [5.74, 6) is 0. The summed E-state index contributed by atoms with van der Waals surface area (Å²) >= 11 is 5.20. The van der Waals surface area contributed by atoms with Gasteiger partial charge in [-0.3, -0.25) is 9.25 Å². The van der Waals surface area contributed by atoms with Crippen molar-refractivity contribution in [3.8, 4) is 5.69 Å². The van der Waals surface area contributed by atoms with Gasteiger partial charge in [0.2, 0.25) is 0 Å². The van der Waals surface area contributed by atoms with Gasteiger partial charge < -0.3 is 4.98 Å². The van der Waals surface area contributed by atoms with Crippen LogP contribution in [-0.4, -0.2) is 19.3 Å². The first-order chi connectivity index (χ1) is 7.08. The highest BCUT2D eigenvalue weighted by molar-refractivity contribution is 7.71. The maximum absolute atomic E-state index is 5.20. The van der Waals surface area contributed by atoms with Crippen molar-refractivity contribution >= 4 is 12.2 Å². The van der Waals surface area contributed by atoms with Gasteiger partial charge in [-0.25, -0.2) is 0 Å². The topological polar surface area (TPSA) is 38.5 Å². The van der Waals surface area contributed by atoms with Gasteiger partial charge in [0.05, 0.1) is 11.9 Å². The van der Waals surface area contributed by atoms with E-state index in [1.807, 2.05) is 34.8 Å². The molecule has 80 valence electrons. The quantitative estimate of drug-likeness (QED) is 0.793. The molecule has 0 saturated heterocycles. The molecule has 0 bridgehead atoms. The number of aromatic nitrogens is 4. The van der Waals surface area contributed by atoms with Crippen LogP contribution in [0.1, 0.15) is 25.6 Å². The Hall–Kier alpha value is -1.36. The van der Waals surface area contributed by atoms with Gasteiger partial charge in [-0.15, -0.1) is 0 Å². The molecular weight excluding hydrogens is 208 g/mol. The van der Waals surface area contributed by atoms with Gasteiger partial charge in [-0.05, 0) is 33.0 Å². The van der Waals surface area contributed by atoms with Crippen molar-refractivity contribution in [2.75, 3.05) is 0 Å². The van der Waals surface area contributed by atoms with Gasteiger partial charge in [-0.1, -0.05) is 0 Å². The monoisotopic (exact) mass is 222 g/mol. The first kappa shape index (κ1) is 10.2. The van der Waals surface area contributed by atoms with Gasteiger partial charge in [0, 0.05) is 24.1 Å². The Morgan fingerprint density at radius 1 is 1.40 bits per heavy atom. The number of aryl methyl sites for hydroxylation is 1. The van der Waals surface area contributed by atoms with Crippen molar-refractivity contribution in [3.63, 3.8) is 0 Å². The largest absolute Gasteiger partial charge is 0.335 e. The third-order valence-electron chi connectivity index (χ3n) is 2.24. The zero-order chi connectivity index (χ0) is 11.0. The van der Waals surface area contributed by atoms with Crippen LogP contribution in [0, 0.1) is 11.7 Å². The molecule has 0 fully saturated rings. The number of nitrogens with zero attached hydrogens (tertiary/aromatic N) is 3. The molecule has 0 aliphatic heterocycles. The fourth-order valence-electron chi connectivity index (χ4n) is 1.44. The molecule has 0 radical (unpaired) electrons. The summed E-state index contributed by atoms with van der Waals surface area (Å²) in [6.07, 6.45) is 5.79. The molecule has 2 aromatic rings. The molecule has 0 aromatic carbocycles. The third-order valence-corrected chi connectivity index (χ3v) is 2.54.